The van der Waals surface area contributed by atoms with E-state index < -0.39 is 16.1 Å². The van der Waals surface area contributed by atoms with Crippen molar-refractivity contribution >= 4 is 38.9 Å². The molecule has 31 heavy (non-hydrogen) atoms. The Bertz CT molecular complexity index is 1040. The molecule has 0 saturated carbocycles. The molecule has 4 rings (SSSR count). The number of nitrogens with zero attached hydrogens (tertiary/aromatic N) is 4. The summed E-state index contributed by atoms with van der Waals surface area (Å²) in [6, 6.07) is 15.6. The van der Waals surface area contributed by atoms with E-state index in [4.69, 9.17) is 5.73 Å². The van der Waals surface area contributed by atoms with Gasteiger partial charge in [-0.2, -0.15) is 4.31 Å². The van der Waals surface area contributed by atoms with E-state index in [1.807, 2.05) is 48.5 Å². The lowest BCUT2D eigenvalue weighted by molar-refractivity contribution is 0.201. The number of carbonyl (C=O) groups is 1. The summed E-state index contributed by atoms with van der Waals surface area (Å²) in [4.78, 5) is 17.2. The van der Waals surface area contributed by atoms with E-state index in [0.717, 1.165) is 17.1 Å². The van der Waals surface area contributed by atoms with Crippen LogP contribution in [0.5, 0.6) is 0 Å². The van der Waals surface area contributed by atoms with Gasteiger partial charge in [-0.1, -0.05) is 12.1 Å². The molecule has 0 bridgehead atoms. The lowest BCUT2D eigenvalue weighted by Gasteiger charge is -2.37. The molecule has 3 N–H and O–H groups in total. The van der Waals surface area contributed by atoms with E-state index in [-0.39, 0.29) is 12.3 Å². The summed E-state index contributed by atoms with van der Waals surface area (Å²) >= 11 is 0. The molecule has 0 aromatic heterocycles. The molecule has 0 atom stereocenters. The monoisotopic (exact) mass is 445 g/mol. The van der Waals surface area contributed by atoms with E-state index in [1.54, 1.807) is 0 Å². The first-order chi connectivity index (χ1) is 14.9. The van der Waals surface area contributed by atoms with E-state index in [2.05, 4.69) is 9.80 Å². The molecule has 0 radical (unpaired) electrons. The third-order valence-corrected chi connectivity index (χ3v) is 7.68. The summed E-state index contributed by atoms with van der Waals surface area (Å²) in [5, 5.41) is 9.48. The fourth-order valence-corrected chi connectivity index (χ4v) is 5.45. The Hall–Kier alpha value is -2.82. The van der Waals surface area contributed by atoms with Crippen LogP contribution in [-0.4, -0.2) is 75.5 Å². The lowest BCUT2D eigenvalue weighted by atomic mass is 10.1. The number of para-hydroxylation sites is 2. The Morgan fingerprint density at radius 3 is 2.10 bits per heavy atom. The maximum absolute atomic E-state index is 12.2. The van der Waals surface area contributed by atoms with Crippen molar-refractivity contribution in [3.05, 3.63) is 48.5 Å². The van der Waals surface area contributed by atoms with Gasteiger partial charge in [-0.25, -0.2) is 13.2 Å². The number of rotatable bonds is 5. The number of benzene rings is 2. The zero-order valence-corrected chi connectivity index (χ0v) is 18.0. The number of nitrogens with two attached hydrogens (primary N) is 1. The van der Waals surface area contributed by atoms with Gasteiger partial charge in [0, 0.05) is 57.2 Å². The molecule has 0 spiro atoms. The Morgan fingerprint density at radius 2 is 1.48 bits per heavy atom. The molecule has 166 valence electrons. The smallest absolute Gasteiger partial charge is 0.411 e. The minimum atomic E-state index is -3.27. The summed E-state index contributed by atoms with van der Waals surface area (Å²) in [6.07, 6.45) is -0.949. The number of piperazine rings is 1. The maximum atomic E-state index is 12.2. The van der Waals surface area contributed by atoms with Crippen LogP contribution in [0.2, 0.25) is 0 Å². The molecule has 1 amide bonds. The molecule has 2 aliphatic heterocycles. The predicted octanol–water partition coefficient (Wildman–Crippen LogP) is 1.73. The molecule has 10 heteroatoms. The topological polar surface area (TPSA) is 110 Å². The zero-order chi connectivity index (χ0) is 22.0. The van der Waals surface area contributed by atoms with Gasteiger partial charge in [0.05, 0.1) is 17.1 Å². The van der Waals surface area contributed by atoms with E-state index >= 15 is 0 Å². The first kappa shape index (κ1) is 21.4. The summed E-state index contributed by atoms with van der Waals surface area (Å²) in [6.45, 7) is 3.26. The Kier molecular flexibility index (Phi) is 6.03. The van der Waals surface area contributed by atoms with Crippen molar-refractivity contribution in [2.75, 3.05) is 66.3 Å². The number of carboxylic acid groups (broad SMARTS) is 1. The minimum Gasteiger partial charge on any atom is -0.465 e. The normalized spacial score (nSPS) is 17.5. The minimum absolute atomic E-state index is 0.0156. The van der Waals surface area contributed by atoms with Crippen molar-refractivity contribution in [3.8, 4) is 0 Å². The second-order valence-electron chi connectivity index (χ2n) is 7.58. The Balaban J connectivity index is 1.47. The molecule has 1 fully saturated rings. The molecule has 2 aromatic rings. The molecule has 0 aliphatic carbocycles. The van der Waals surface area contributed by atoms with Crippen LogP contribution >= 0.6 is 0 Å². The van der Waals surface area contributed by atoms with Crippen LogP contribution in [0.1, 0.15) is 0 Å². The summed E-state index contributed by atoms with van der Waals surface area (Å²) < 4.78 is 25.9. The first-order valence-corrected chi connectivity index (χ1v) is 11.9. The van der Waals surface area contributed by atoms with E-state index in [0.29, 0.717) is 45.0 Å². The third-order valence-electron chi connectivity index (χ3n) is 5.78. The number of sulfonamides is 1. The number of hydrogen-bond acceptors (Lipinski definition) is 6. The average Bonchev–Trinajstić information content (AvgIpc) is 2.78. The highest BCUT2D eigenvalue weighted by Gasteiger charge is 2.28. The largest absolute Gasteiger partial charge is 0.465 e. The molecule has 2 aromatic carbocycles. The van der Waals surface area contributed by atoms with Crippen molar-refractivity contribution in [1.29, 1.82) is 0 Å². The highest BCUT2D eigenvalue weighted by atomic mass is 32.2. The van der Waals surface area contributed by atoms with Gasteiger partial charge in [0.2, 0.25) is 10.0 Å². The summed E-state index contributed by atoms with van der Waals surface area (Å²) in [7, 11) is -3.27. The molecule has 9 nitrogen and oxygen atoms in total. The van der Waals surface area contributed by atoms with Crippen molar-refractivity contribution in [2.24, 2.45) is 5.73 Å². The van der Waals surface area contributed by atoms with E-state index in [1.165, 1.54) is 9.21 Å². The van der Waals surface area contributed by atoms with Crippen LogP contribution < -0.4 is 20.4 Å². The van der Waals surface area contributed by atoms with Crippen LogP contribution in [0.15, 0.2) is 48.5 Å². The van der Waals surface area contributed by atoms with Gasteiger partial charge in [0.25, 0.3) is 0 Å². The van der Waals surface area contributed by atoms with Crippen LogP contribution in [0.4, 0.5) is 27.5 Å². The van der Waals surface area contributed by atoms with Crippen molar-refractivity contribution in [1.82, 2.24) is 4.31 Å². The molecular weight excluding hydrogens is 418 g/mol. The number of amides is 1. The lowest BCUT2D eigenvalue weighted by Crippen LogP contribution is -2.49. The number of anilines is 4. The Labute approximate surface area is 182 Å². The molecular formula is C21H27N5O4S. The van der Waals surface area contributed by atoms with Gasteiger partial charge >= 0.3 is 6.09 Å². The van der Waals surface area contributed by atoms with Gasteiger partial charge in [0.15, 0.2) is 0 Å². The van der Waals surface area contributed by atoms with E-state index in [9.17, 15) is 18.3 Å². The number of fused-ring (bicyclic) bond motifs is 1. The maximum Gasteiger partial charge on any atom is 0.411 e. The van der Waals surface area contributed by atoms with Gasteiger partial charge in [-0.3, -0.25) is 4.90 Å². The van der Waals surface area contributed by atoms with Gasteiger partial charge in [-0.05, 0) is 36.4 Å². The summed E-state index contributed by atoms with van der Waals surface area (Å²) in [5.41, 5.74) is 8.99. The van der Waals surface area contributed by atoms with Gasteiger partial charge < -0.3 is 20.6 Å². The highest BCUT2D eigenvalue weighted by Crippen LogP contribution is 2.38. The third kappa shape index (κ3) is 4.32. The summed E-state index contributed by atoms with van der Waals surface area (Å²) in [5.74, 6) is -0.0156. The Morgan fingerprint density at radius 1 is 0.871 bits per heavy atom. The molecule has 2 aliphatic rings. The quantitative estimate of drug-likeness (QED) is 0.721. The average molecular weight is 446 g/mol. The standard InChI is InChI=1S/C21H27N5O4S/c22-9-16-31(29,30)24-12-10-23(11-13-24)17-5-7-18(8-6-17)25-14-15-26(21(27)28)20-4-2-1-3-19(20)25/h1-8H,9-16,22H2,(H,27,28). The second-order valence-corrected chi connectivity index (χ2v) is 9.67. The molecule has 1 saturated heterocycles. The van der Waals surface area contributed by atoms with Gasteiger partial charge in [0.1, 0.15) is 0 Å². The van der Waals surface area contributed by atoms with Gasteiger partial charge in [-0.15, -0.1) is 0 Å². The SMILES string of the molecule is NCCS(=O)(=O)N1CCN(c2ccc(N3CCN(C(=O)O)c4ccccc43)cc2)CC1. The van der Waals surface area contributed by atoms with Crippen LogP contribution in [0.25, 0.3) is 0 Å². The predicted molar refractivity (Wildman–Crippen MR) is 122 cm³/mol. The first-order valence-electron chi connectivity index (χ1n) is 10.3. The molecule has 0 unspecified atom stereocenters. The molecule has 2 heterocycles. The van der Waals surface area contributed by atoms with Crippen molar-refractivity contribution < 1.29 is 18.3 Å². The zero-order valence-electron chi connectivity index (χ0n) is 17.2. The highest BCUT2D eigenvalue weighted by molar-refractivity contribution is 7.89. The van der Waals surface area contributed by atoms with Crippen molar-refractivity contribution in [2.45, 2.75) is 0 Å². The second kappa shape index (κ2) is 8.74. The fraction of sp³-hybridized carbons (Fsp3) is 0.381. The van der Waals surface area contributed by atoms with Crippen LogP contribution in [0.3, 0.4) is 0 Å². The fourth-order valence-electron chi connectivity index (χ4n) is 4.17. The van der Waals surface area contributed by atoms with Crippen molar-refractivity contribution in [3.63, 3.8) is 0 Å². The number of hydrogen-bond donors (Lipinski definition) is 2. The van der Waals surface area contributed by atoms with Crippen LogP contribution in [0, 0.1) is 0 Å². The van der Waals surface area contributed by atoms with Crippen LogP contribution in [-0.2, 0) is 10.0 Å².